The molecule has 23 heavy (non-hydrogen) atoms. The number of benzene rings is 1. The lowest BCUT2D eigenvalue weighted by molar-refractivity contribution is 0.140. The van der Waals surface area contributed by atoms with E-state index in [1.807, 2.05) is 0 Å². The summed E-state index contributed by atoms with van der Waals surface area (Å²) in [4.78, 5) is 2.41. The van der Waals surface area contributed by atoms with Gasteiger partial charge in [-0.1, -0.05) is 32.0 Å². The molecule has 1 aromatic carbocycles. The molecule has 2 rings (SSSR count). The monoisotopic (exact) mass is 342 g/mol. The number of hydrogen-bond acceptors (Lipinski definition) is 3. The first kappa shape index (κ1) is 18.4. The van der Waals surface area contributed by atoms with Crippen LogP contribution in [0.15, 0.2) is 24.3 Å². The van der Waals surface area contributed by atoms with Crippen molar-refractivity contribution in [2.24, 2.45) is 11.8 Å². The minimum absolute atomic E-state index is 0.207. The second-order valence-electron chi connectivity index (χ2n) is 6.80. The Labute approximate surface area is 139 Å². The van der Waals surface area contributed by atoms with Gasteiger partial charge in [0, 0.05) is 25.2 Å². The second-order valence-corrected chi connectivity index (χ2v) is 8.61. The summed E-state index contributed by atoms with van der Waals surface area (Å²) in [7, 11) is -3.49. The number of sulfonamides is 1. The SMILES string of the molecule is C[C@@H]1C[C@@H](C)CN(CCCNS(=O)(=O)Cc2ccccc2F)C1. The quantitative estimate of drug-likeness (QED) is 0.775. The second kappa shape index (κ2) is 8.22. The lowest BCUT2D eigenvalue weighted by atomic mass is 9.92. The van der Waals surface area contributed by atoms with Crippen molar-refractivity contribution in [1.82, 2.24) is 9.62 Å². The molecule has 0 spiro atoms. The Morgan fingerprint density at radius 3 is 2.52 bits per heavy atom. The van der Waals surface area contributed by atoms with Crippen LogP contribution in [-0.4, -0.2) is 39.5 Å². The molecule has 130 valence electrons. The van der Waals surface area contributed by atoms with E-state index in [1.165, 1.54) is 18.6 Å². The van der Waals surface area contributed by atoms with Gasteiger partial charge in [0.15, 0.2) is 0 Å². The minimum atomic E-state index is -3.49. The summed E-state index contributed by atoms with van der Waals surface area (Å²) in [5.74, 6) is 0.624. The number of piperidine rings is 1. The molecule has 6 heteroatoms. The van der Waals surface area contributed by atoms with E-state index < -0.39 is 15.8 Å². The highest BCUT2D eigenvalue weighted by Gasteiger charge is 2.21. The maximum absolute atomic E-state index is 13.5. The van der Waals surface area contributed by atoms with Crippen LogP contribution in [0.5, 0.6) is 0 Å². The number of likely N-dealkylation sites (tertiary alicyclic amines) is 1. The van der Waals surface area contributed by atoms with Gasteiger partial charge in [-0.05, 0) is 37.3 Å². The van der Waals surface area contributed by atoms with Crippen LogP contribution in [0.4, 0.5) is 4.39 Å². The average molecular weight is 342 g/mol. The Bertz CT molecular complexity index is 596. The lowest BCUT2D eigenvalue weighted by Gasteiger charge is -2.34. The van der Waals surface area contributed by atoms with Gasteiger partial charge in [0.05, 0.1) is 5.75 Å². The van der Waals surface area contributed by atoms with E-state index in [-0.39, 0.29) is 11.3 Å². The van der Waals surface area contributed by atoms with Crippen LogP contribution in [0, 0.1) is 17.7 Å². The van der Waals surface area contributed by atoms with Gasteiger partial charge in [0.1, 0.15) is 5.82 Å². The largest absolute Gasteiger partial charge is 0.303 e. The lowest BCUT2D eigenvalue weighted by Crippen LogP contribution is -2.40. The van der Waals surface area contributed by atoms with Crippen LogP contribution in [0.3, 0.4) is 0 Å². The van der Waals surface area contributed by atoms with Gasteiger partial charge < -0.3 is 4.90 Å². The van der Waals surface area contributed by atoms with Crippen molar-refractivity contribution >= 4 is 10.0 Å². The molecular formula is C17H27FN2O2S. The fourth-order valence-corrected chi connectivity index (χ4v) is 4.58. The van der Waals surface area contributed by atoms with Crippen molar-refractivity contribution in [2.75, 3.05) is 26.2 Å². The third-order valence-corrected chi connectivity index (χ3v) is 5.56. The van der Waals surface area contributed by atoms with Gasteiger partial charge in [0.2, 0.25) is 10.0 Å². The third kappa shape index (κ3) is 6.20. The molecule has 1 saturated heterocycles. The van der Waals surface area contributed by atoms with Crippen molar-refractivity contribution in [3.8, 4) is 0 Å². The molecule has 1 aliphatic rings. The molecule has 0 radical (unpaired) electrons. The normalized spacial score (nSPS) is 23.1. The molecule has 0 aromatic heterocycles. The smallest absolute Gasteiger partial charge is 0.215 e. The van der Waals surface area contributed by atoms with Crippen molar-refractivity contribution in [3.05, 3.63) is 35.6 Å². The molecule has 1 aliphatic heterocycles. The molecule has 0 unspecified atom stereocenters. The Morgan fingerprint density at radius 2 is 1.87 bits per heavy atom. The van der Waals surface area contributed by atoms with E-state index in [0.717, 1.165) is 26.1 Å². The average Bonchev–Trinajstić information content (AvgIpc) is 2.45. The molecule has 0 saturated carbocycles. The predicted octanol–water partition coefficient (Wildman–Crippen LogP) is 2.61. The highest BCUT2D eigenvalue weighted by atomic mass is 32.2. The zero-order chi connectivity index (χ0) is 16.9. The molecular weight excluding hydrogens is 315 g/mol. The Balaban J connectivity index is 1.74. The summed E-state index contributed by atoms with van der Waals surface area (Å²) in [6, 6.07) is 5.99. The van der Waals surface area contributed by atoms with E-state index in [1.54, 1.807) is 12.1 Å². The summed E-state index contributed by atoms with van der Waals surface area (Å²) in [6.07, 6.45) is 2.04. The van der Waals surface area contributed by atoms with E-state index >= 15 is 0 Å². The van der Waals surface area contributed by atoms with E-state index in [4.69, 9.17) is 0 Å². The highest BCUT2D eigenvalue weighted by Crippen LogP contribution is 2.20. The first-order chi connectivity index (χ1) is 10.9. The molecule has 0 bridgehead atoms. The van der Waals surface area contributed by atoms with Crippen molar-refractivity contribution < 1.29 is 12.8 Å². The number of halogens is 1. The number of rotatable bonds is 7. The maximum Gasteiger partial charge on any atom is 0.215 e. The van der Waals surface area contributed by atoms with Crippen LogP contribution in [0.2, 0.25) is 0 Å². The third-order valence-electron chi connectivity index (χ3n) is 4.22. The van der Waals surface area contributed by atoms with Gasteiger partial charge in [0.25, 0.3) is 0 Å². The number of nitrogens with zero attached hydrogens (tertiary/aromatic N) is 1. The van der Waals surface area contributed by atoms with E-state index in [0.29, 0.717) is 18.4 Å². The van der Waals surface area contributed by atoms with Crippen LogP contribution < -0.4 is 4.72 Å². The molecule has 0 aliphatic carbocycles. The molecule has 1 heterocycles. The first-order valence-electron chi connectivity index (χ1n) is 8.29. The molecule has 4 nitrogen and oxygen atoms in total. The summed E-state index contributed by atoms with van der Waals surface area (Å²) in [6.45, 7) is 8.01. The van der Waals surface area contributed by atoms with Crippen molar-refractivity contribution in [3.63, 3.8) is 0 Å². The molecule has 1 fully saturated rings. The fourth-order valence-electron chi connectivity index (χ4n) is 3.38. The summed E-state index contributed by atoms with van der Waals surface area (Å²) < 4.78 is 40.1. The maximum atomic E-state index is 13.5. The Kier molecular flexibility index (Phi) is 6.56. The number of hydrogen-bond donors (Lipinski definition) is 1. The van der Waals surface area contributed by atoms with Gasteiger partial charge >= 0.3 is 0 Å². The summed E-state index contributed by atoms with van der Waals surface area (Å²) >= 11 is 0. The minimum Gasteiger partial charge on any atom is -0.303 e. The van der Waals surface area contributed by atoms with Crippen molar-refractivity contribution in [1.29, 1.82) is 0 Å². The first-order valence-corrected chi connectivity index (χ1v) is 9.94. The van der Waals surface area contributed by atoms with E-state index in [9.17, 15) is 12.8 Å². The molecule has 1 aromatic rings. The van der Waals surface area contributed by atoms with Gasteiger partial charge in [-0.25, -0.2) is 17.5 Å². The predicted molar refractivity (Wildman–Crippen MR) is 91.0 cm³/mol. The van der Waals surface area contributed by atoms with Crippen LogP contribution in [-0.2, 0) is 15.8 Å². The molecule has 0 amide bonds. The van der Waals surface area contributed by atoms with Gasteiger partial charge in [-0.2, -0.15) is 0 Å². The van der Waals surface area contributed by atoms with Crippen molar-refractivity contribution in [2.45, 2.75) is 32.4 Å². The zero-order valence-electron chi connectivity index (χ0n) is 14.0. The number of nitrogens with one attached hydrogen (secondary N) is 1. The van der Waals surface area contributed by atoms with Crippen LogP contribution in [0.25, 0.3) is 0 Å². The van der Waals surface area contributed by atoms with E-state index in [2.05, 4.69) is 23.5 Å². The Morgan fingerprint density at radius 1 is 1.22 bits per heavy atom. The molecule has 1 N–H and O–H groups in total. The fraction of sp³-hybridized carbons (Fsp3) is 0.647. The molecule has 2 atom stereocenters. The van der Waals surface area contributed by atoms with Crippen LogP contribution >= 0.6 is 0 Å². The highest BCUT2D eigenvalue weighted by molar-refractivity contribution is 7.88. The summed E-state index contributed by atoms with van der Waals surface area (Å²) in [5, 5.41) is 0. The standard InChI is InChI=1S/C17H27FN2O2S/c1-14-10-15(2)12-20(11-14)9-5-8-19-23(21,22)13-16-6-3-4-7-17(16)18/h3-4,6-7,14-15,19H,5,8-13H2,1-2H3/t14-,15-/m1/s1. The Hall–Kier alpha value is -0.980. The topological polar surface area (TPSA) is 49.4 Å². The summed E-state index contributed by atoms with van der Waals surface area (Å²) in [5.41, 5.74) is 0.207. The zero-order valence-corrected chi connectivity index (χ0v) is 14.8. The van der Waals surface area contributed by atoms with Gasteiger partial charge in [-0.3, -0.25) is 0 Å². The van der Waals surface area contributed by atoms with Gasteiger partial charge in [-0.15, -0.1) is 0 Å². The van der Waals surface area contributed by atoms with Crippen LogP contribution in [0.1, 0.15) is 32.3 Å².